The molecule has 0 saturated carbocycles. The highest BCUT2D eigenvalue weighted by molar-refractivity contribution is 6.34. The summed E-state index contributed by atoms with van der Waals surface area (Å²) in [5, 5.41) is 30.4. The van der Waals surface area contributed by atoms with Crippen LogP contribution in [0.25, 0.3) is 129 Å². The molecule has 608 valence electrons. The highest BCUT2D eigenvalue weighted by Crippen LogP contribution is 2.48. The van der Waals surface area contributed by atoms with E-state index in [1.807, 2.05) is 0 Å². The van der Waals surface area contributed by atoms with Crippen molar-refractivity contribution in [2.75, 3.05) is 50.5 Å². The summed E-state index contributed by atoms with van der Waals surface area (Å²) in [5.41, 5.74) is 18.4. The van der Waals surface area contributed by atoms with Crippen molar-refractivity contribution >= 4 is 215 Å². The molecule has 0 unspecified atom stereocenters. The predicted molar refractivity (Wildman–Crippen MR) is 553 cm³/mol. The Hall–Kier alpha value is -16.5. The normalized spacial score (nSPS) is 11.4. The number of rotatable bonds is 15. The zero-order valence-electron chi connectivity index (χ0n) is 71.7. The van der Waals surface area contributed by atoms with E-state index < -0.39 is 0 Å². The maximum Gasteiger partial charge on any atom is 0.0494 e. The molecule has 0 atom stereocenters. The first-order valence-corrected chi connectivity index (χ1v) is 44.0. The minimum Gasteiger partial charge on any atom is -0.345 e. The lowest BCUT2D eigenvalue weighted by Gasteiger charge is -2.28. The second kappa shape index (κ2) is 33.3. The number of hydrogen-bond donors (Lipinski definition) is 0. The van der Waals surface area contributed by atoms with Crippen molar-refractivity contribution in [3.63, 3.8) is 0 Å². The fourth-order valence-electron chi connectivity index (χ4n) is 19.1. The Labute approximate surface area is 745 Å². The predicted octanol–water partition coefficient (Wildman–Crippen LogP) is 34.4. The van der Waals surface area contributed by atoms with Gasteiger partial charge in [0.25, 0.3) is 0 Å². The van der Waals surface area contributed by atoms with Crippen LogP contribution in [-0.2, 0) is 0 Å². The molecular weight excluding hydrogens is 1550 g/mol. The van der Waals surface area contributed by atoms with Gasteiger partial charge in [0.05, 0.1) is 0 Å². The van der Waals surface area contributed by atoms with Crippen molar-refractivity contribution in [3.8, 4) is 0 Å². The summed E-state index contributed by atoms with van der Waals surface area (Å²) in [6.45, 7) is 2.12. The van der Waals surface area contributed by atoms with Gasteiger partial charge in [-0.1, -0.05) is 309 Å². The average molecular weight is 1640 g/mol. The molecule has 0 aliphatic rings. The van der Waals surface area contributed by atoms with Gasteiger partial charge < -0.3 is 29.4 Å². The van der Waals surface area contributed by atoms with Crippen LogP contribution in [0.3, 0.4) is 0 Å². The Morgan fingerprint density at radius 1 is 0.133 bits per heavy atom. The van der Waals surface area contributed by atoms with E-state index in [-0.39, 0.29) is 0 Å². The number of fused-ring (bicyclic) bond motifs is 11. The van der Waals surface area contributed by atoms with Gasteiger partial charge in [-0.3, -0.25) is 0 Å². The molecule has 0 aromatic heterocycles. The SMILES string of the molecule is CN(c1ccc(N(c2ccc3ccccc3c2)c2ccc3ccccc3c2)cc1)c1cc2ccccc2c2ccccc12.CN(c1ccc(N(c2ccc3ccccc3c2)c2ccc3ccccc3c2)cc1)c1ccc2c3cccc4cccc(c5cccc1c52)c43.Cc1ccc(N(C)c2ccc(N(c3ccc4ccccc4c3)c3ccc4ccccc4c3)cc2)cc1. The summed E-state index contributed by atoms with van der Waals surface area (Å²) in [6, 6.07) is 171. The van der Waals surface area contributed by atoms with Crippen LogP contribution >= 0.6 is 0 Å². The zero-order chi connectivity index (χ0) is 85.7. The number of anilines is 15. The minimum atomic E-state index is 1.12. The van der Waals surface area contributed by atoms with E-state index >= 15 is 0 Å². The standard InChI is InChI=1S/C47H32N2.C41H30N2.C34H28N2/c1-48(45-28-27-43-41-16-7-14-33-13-6-15-40(46(33)41)42-17-8-18-44(45)47(42)43)36-23-25-37(26-24-36)49(38-21-19-31-9-2-4-11-34(31)29-38)39-22-20-32-10-3-5-12-35(32)30-39;1-42(41-28-33-14-6-7-15-38(33)39-16-8-9-17-40(39)41)34-22-24-35(25-23-34)43(36-20-18-29-10-2-4-12-31(29)26-36)37-21-19-30-11-3-5-13-32(30)27-37;1-25-11-15-30(16-12-25)35(2)31-19-21-32(22-20-31)36(33-17-13-26-7-3-5-9-28(26)23-33)34-18-14-27-8-4-6-10-29(27)24-34/h2-30H,1H3;2-28H,1H3;3-24H,1-2H3. The maximum absolute atomic E-state index is 2.36. The second-order valence-corrected chi connectivity index (χ2v) is 33.5. The van der Waals surface area contributed by atoms with Crippen LogP contribution in [0.2, 0.25) is 0 Å². The Morgan fingerprint density at radius 2 is 0.375 bits per heavy atom. The summed E-state index contributed by atoms with van der Waals surface area (Å²) in [7, 11) is 6.46. The molecule has 0 spiro atoms. The van der Waals surface area contributed by atoms with Crippen molar-refractivity contribution in [1.29, 1.82) is 0 Å². The summed E-state index contributed by atoms with van der Waals surface area (Å²) in [6.07, 6.45) is 0. The summed E-state index contributed by atoms with van der Waals surface area (Å²) in [5.74, 6) is 0. The third-order valence-electron chi connectivity index (χ3n) is 25.8. The molecule has 24 aromatic rings. The van der Waals surface area contributed by atoms with Crippen LogP contribution in [0, 0.1) is 6.92 Å². The highest BCUT2D eigenvalue weighted by atomic mass is 15.2. The summed E-state index contributed by atoms with van der Waals surface area (Å²) >= 11 is 0. The molecule has 0 aliphatic carbocycles. The molecule has 0 amide bonds. The van der Waals surface area contributed by atoms with Gasteiger partial charge >= 0.3 is 0 Å². The first-order valence-electron chi connectivity index (χ1n) is 44.0. The first kappa shape index (κ1) is 77.5. The lowest BCUT2D eigenvalue weighted by molar-refractivity contribution is 1.20. The Bertz CT molecular complexity index is 8000. The molecule has 0 fully saturated rings. The van der Waals surface area contributed by atoms with E-state index in [0.29, 0.717) is 0 Å². The molecule has 0 radical (unpaired) electrons. The van der Waals surface area contributed by atoms with Gasteiger partial charge in [-0.05, 0) is 295 Å². The average Bonchev–Trinajstić information content (AvgIpc) is 0.714. The number of nitrogens with zero attached hydrogens (tertiary/aromatic N) is 6. The van der Waals surface area contributed by atoms with Crippen LogP contribution < -0.4 is 29.4 Å². The lowest BCUT2D eigenvalue weighted by atomic mass is 9.89. The molecule has 128 heavy (non-hydrogen) atoms. The van der Waals surface area contributed by atoms with Crippen molar-refractivity contribution in [2.24, 2.45) is 0 Å². The highest BCUT2D eigenvalue weighted by Gasteiger charge is 2.23. The quantitative estimate of drug-likeness (QED) is 0.0747. The van der Waals surface area contributed by atoms with Gasteiger partial charge in [-0.15, -0.1) is 0 Å². The largest absolute Gasteiger partial charge is 0.345 e. The number of benzene rings is 24. The van der Waals surface area contributed by atoms with Crippen molar-refractivity contribution in [2.45, 2.75) is 6.92 Å². The summed E-state index contributed by atoms with van der Waals surface area (Å²) in [4.78, 5) is 13.9. The Morgan fingerprint density at radius 3 is 0.742 bits per heavy atom. The fraction of sp³-hybridized carbons (Fsp3) is 0.0328. The summed E-state index contributed by atoms with van der Waals surface area (Å²) < 4.78 is 0. The van der Waals surface area contributed by atoms with Crippen LogP contribution in [0.15, 0.2) is 473 Å². The van der Waals surface area contributed by atoms with Crippen LogP contribution in [-0.4, -0.2) is 21.1 Å². The van der Waals surface area contributed by atoms with Crippen LogP contribution in [0.5, 0.6) is 0 Å². The number of hydrogen-bond acceptors (Lipinski definition) is 6. The van der Waals surface area contributed by atoms with E-state index in [1.165, 1.54) is 152 Å². The van der Waals surface area contributed by atoms with Gasteiger partial charge in [0.15, 0.2) is 0 Å². The van der Waals surface area contributed by atoms with Crippen molar-refractivity contribution in [3.05, 3.63) is 479 Å². The van der Waals surface area contributed by atoms with Gasteiger partial charge in [-0.2, -0.15) is 0 Å². The van der Waals surface area contributed by atoms with Crippen LogP contribution in [0.4, 0.5) is 85.3 Å². The molecule has 0 N–H and O–H groups in total. The van der Waals surface area contributed by atoms with E-state index in [9.17, 15) is 0 Å². The van der Waals surface area contributed by atoms with E-state index in [0.717, 1.165) is 68.2 Å². The monoisotopic (exact) mass is 1640 g/mol. The Balaban J connectivity index is 0.000000115. The van der Waals surface area contributed by atoms with E-state index in [2.05, 4.69) is 531 Å². The molecule has 6 heteroatoms. The van der Waals surface area contributed by atoms with Crippen molar-refractivity contribution < 1.29 is 0 Å². The van der Waals surface area contributed by atoms with E-state index in [1.54, 1.807) is 0 Å². The van der Waals surface area contributed by atoms with Gasteiger partial charge in [0.2, 0.25) is 0 Å². The molecule has 0 saturated heterocycles. The molecule has 0 heterocycles. The van der Waals surface area contributed by atoms with Crippen LogP contribution in [0.1, 0.15) is 5.56 Å². The zero-order valence-corrected chi connectivity index (χ0v) is 71.7. The maximum atomic E-state index is 2.36. The minimum absolute atomic E-state index is 1.12. The third kappa shape index (κ3) is 14.7. The van der Waals surface area contributed by atoms with E-state index in [4.69, 9.17) is 0 Å². The van der Waals surface area contributed by atoms with Crippen molar-refractivity contribution in [1.82, 2.24) is 0 Å². The second-order valence-electron chi connectivity index (χ2n) is 33.5. The smallest absolute Gasteiger partial charge is 0.0494 e. The number of aryl methyl sites for hydroxylation is 1. The third-order valence-corrected chi connectivity index (χ3v) is 25.8. The first-order chi connectivity index (χ1) is 63.1. The molecule has 0 aliphatic heterocycles. The van der Waals surface area contributed by atoms with Gasteiger partial charge in [0, 0.05) is 117 Å². The van der Waals surface area contributed by atoms with Gasteiger partial charge in [0.1, 0.15) is 0 Å². The fourth-order valence-corrected chi connectivity index (χ4v) is 19.1. The van der Waals surface area contributed by atoms with Gasteiger partial charge in [-0.25, -0.2) is 0 Å². The molecule has 6 nitrogen and oxygen atoms in total. The Kier molecular flexibility index (Phi) is 20.1. The molecule has 24 aromatic carbocycles. The topological polar surface area (TPSA) is 19.4 Å². The molecule has 24 rings (SSSR count). The molecule has 0 bridgehead atoms. The lowest BCUT2D eigenvalue weighted by Crippen LogP contribution is -2.12. The molecular formula is C122H90N6.